The minimum atomic E-state index is -0.127. The van der Waals surface area contributed by atoms with Gasteiger partial charge in [-0.25, -0.2) is 4.98 Å². The summed E-state index contributed by atoms with van der Waals surface area (Å²) in [5, 5.41) is 11.9. The number of aromatic nitrogens is 3. The lowest BCUT2D eigenvalue weighted by Gasteiger charge is -2.23. The Hall–Kier alpha value is -6.26. The number of fused-ring (bicyclic) bond motifs is 2. The molecular formula is C58H59N3O. The van der Waals surface area contributed by atoms with Crippen molar-refractivity contribution in [1.29, 1.82) is 0 Å². The lowest BCUT2D eigenvalue weighted by Crippen LogP contribution is -2.12. The maximum absolute atomic E-state index is 11.9. The van der Waals surface area contributed by atoms with Crippen LogP contribution in [0.1, 0.15) is 103 Å². The van der Waals surface area contributed by atoms with Crippen molar-refractivity contribution in [2.24, 2.45) is 0 Å². The van der Waals surface area contributed by atoms with Crippen molar-refractivity contribution in [2.75, 3.05) is 0 Å². The molecular weight excluding hydrogens is 755 g/mol. The van der Waals surface area contributed by atoms with E-state index in [1.54, 1.807) is 0 Å². The number of nitrogens with zero attached hydrogens (tertiary/aromatic N) is 3. The fraction of sp³-hybridized carbons (Fsp3) is 0.276. The molecule has 8 aromatic rings. The predicted octanol–water partition coefficient (Wildman–Crippen LogP) is 15.2. The number of imidazole rings is 1. The van der Waals surface area contributed by atoms with Gasteiger partial charge in [0.1, 0.15) is 11.6 Å². The van der Waals surface area contributed by atoms with Crippen molar-refractivity contribution in [3.8, 4) is 67.5 Å². The summed E-state index contributed by atoms with van der Waals surface area (Å²) in [4.78, 5) is 10.6. The van der Waals surface area contributed by atoms with Crippen molar-refractivity contribution >= 4 is 11.0 Å². The Morgan fingerprint density at radius 3 is 1.84 bits per heavy atom. The standard InChI is InChI=1S/C58H59N3O/c1-56(2,3)44-24-22-37(23-25-44)41-28-29-59-50(34-41)43-30-42(31-46(32-43)58(7,8)9)47-20-15-21-52-54(47)60-55(49-33-39-18-13-14-19-40(39)35-53(49)62)61(52)51-27-26-45(57(4,5)6)36-48(51)38-16-11-10-12-17-38/h10-12,15-17,20-36,62H,13-14,18-19H2,1-9H3. The number of aromatic hydroxyl groups is 1. The van der Waals surface area contributed by atoms with E-state index in [1.807, 2.05) is 12.3 Å². The van der Waals surface area contributed by atoms with Crippen LogP contribution in [0.5, 0.6) is 5.75 Å². The highest BCUT2D eigenvalue weighted by molar-refractivity contribution is 5.98. The summed E-state index contributed by atoms with van der Waals surface area (Å²) in [6, 6.07) is 48.4. The largest absolute Gasteiger partial charge is 0.507 e. The number of hydrogen-bond donors (Lipinski definition) is 1. The van der Waals surface area contributed by atoms with Gasteiger partial charge in [-0.05, 0) is 147 Å². The fourth-order valence-corrected chi connectivity index (χ4v) is 9.05. The van der Waals surface area contributed by atoms with Gasteiger partial charge in [-0.3, -0.25) is 9.55 Å². The van der Waals surface area contributed by atoms with Crippen LogP contribution in [0.2, 0.25) is 0 Å². The van der Waals surface area contributed by atoms with Crippen LogP contribution >= 0.6 is 0 Å². The maximum atomic E-state index is 11.9. The molecule has 4 heteroatoms. The average Bonchev–Trinajstić information content (AvgIpc) is 3.64. The summed E-state index contributed by atoms with van der Waals surface area (Å²) in [6.07, 6.45) is 6.22. The third-order valence-corrected chi connectivity index (χ3v) is 12.8. The van der Waals surface area contributed by atoms with Crippen LogP contribution in [0.15, 0.2) is 140 Å². The smallest absolute Gasteiger partial charge is 0.149 e. The second-order valence-electron chi connectivity index (χ2n) is 20.4. The van der Waals surface area contributed by atoms with Crippen LogP contribution in [0.4, 0.5) is 0 Å². The highest BCUT2D eigenvalue weighted by Gasteiger charge is 2.26. The van der Waals surface area contributed by atoms with Crippen LogP contribution in [-0.2, 0) is 29.1 Å². The van der Waals surface area contributed by atoms with E-state index >= 15 is 0 Å². The van der Waals surface area contributed by atoms with E-state index < -0.39 is 0 Å². The van der Waals surface area contributed by atoms with Gasteiger partial charge in [0, 0.05) is 22.9 Å². The summed E-state index contributed by atoms with van der Waals surface area (Å²) in [6.45, 7) is 20.4. The summed E-state index contributed by atoms with van der Waals surface area (Å²) in [5.74, 6) is 1.01. The van der Waals surface area contributed by atoms with E-state index in [1.165, 1.54) is 33.4 Å². The Bertz CT molecular complexity index is 2950. The fourth-order valence-electron chi connectivity index (χ4n) is 9.05. The lowest BCUT2D eigenvalue weighted by atomic mass is 9.83. The summed E-state index contributed by atoms with van der Waals surface area (Å²) < 4.78 is 2.29. The molecule has 312 valence electrons. The number of hydrogen-bond acceptors (Lipinski definition) is 3. The van der Waals surface area contributed by atoms with Crippen LogP contribution < -0.4 is 0 Å². The van der Waals surface area contributed by atoms with E-state index in [0.29, 0.717) is 0 Å². The van der Waals surface area contributed by atoms with Gasteiger partial charge < -0.3 is 5.11 Å². The molecule has 9 rings (SSSR count). The van der Waals surface area contributed by atoms with Crippen molar-refractivity contribution < 1.29 is 5.11 Å². The first-order valence-corrected chi connectivity index (χ1v) is 22.3. The predicted molar refractivity (Wildman–Crippen MR) is 260 cm³/mol. The lowest BCUT2D eigenvalue weighted by molar-refractivity contribution is 0.474. The highest BCUT2D eigenvalue weighted by atomic mass is 16.3. The minimum absolute atomic E-state index is 0.0487. The third kappa shape index (κ3) is 7.88. The maximum Gasteiger partial charge on any atom is 0.149 e. The number of phenols is 1. The van der Waals surface area contributed by atoms with Crippen LogP contribution in [0.25, 0.3) is 72.7 Å². The molecule has 0 saturated carbocycles. The Morgan fingerprint density at radius 1 is 0.484 bits per heavy atom. The topological polar surface area (TPSA) is 50.9 Å². The van der Waals surface area contributed by atoms with Gasteiger partial charge in [-0.15, -0.1) is 0 Å². The SMILES string of the molecule is CC(C)(C)c1ccc(-c2ccnc(-c3cc(-c4cccc5c4nc(-c4cc6c(cc4O)CCCC6)n5-c4ccc(C(C)(C)C)cc4-c4ccccc4)cc(C(C)(C)C)c3)c2)cc1. The van der Waals surface area contributed by atoms with E-state index in [2.05, 4.69) is 194 Å². The molecule has 62 heavy (non-hydrogen) atoms. The molecule has 0 fully saturated rings. The first-order chi connectivity index (χ1) is 29.5. The molecule has 0 atom stereocenters. The molecule has 1 aliphatic carbocycles. The normalized spacial score (nSPS) is 13.4. The van der Waals surface area contributed by atoms with Crippen molar-refractivity contribution in [1.82, 2.24) is 14.5 Å². The first-order valence-electron chi connectivity index (χ1n) is 22.3. The van der Waals surface area contributed by atoms with E-state index in [-0.39, 0.29) is 22.0 Å². The molecule has 6 aromatic carbocycles. The average molecular weight is 814 g/mol. The zero-order valence-corrected chi connectivity index (χ0v) is 37.9. The van der Waals surface area contributed by atoms with Gasteiger partial charge in [0.25, 0.3) is 0 Å². The van der Waals surface area contributed by atoms with Gasteiger partial charge in [-0.2, -0.15) is 0 Å². The van der Waals surface area contributed by atoms with Crippen molar-refractivity contribution in [3.63, 3.8) is 0 Å². The Morgan fingerprint density at radius 2 is 1.15 bits per heavy atom. The summed E-state index contributed by atoms with van der Waals surface area (Å²) in [5.41, 5.74) is 18.6. The third-order valence-electron chi connectivity index (χ3n) is 12.8. The van der Waals surface area contributed by atoms with Gasteiger partial charge >= 0.3 is 0 Å². The van der Waals surface area contributed by atoms with Gasteiger partial charge in [-0.1, -0.05) is 141 Å². The van der Waals surface area contributed by atoms with E-state index in [9.17, 15) is 5.11 Å². The number of para-hydroxylation sites is 1. The molecule has 1 N–H and O–H groups in total. The van der Waals surface area contributed by atoms with Crippen molar-refractivity contribution in [3.05, 3.63) is 167 Å². The Balaban J connectivity index is 1.28. The molecule has 1 aliphatic rings. The molecule has 2 aromatic heterocycles. The molecule has 2 heterocycles. The number of rotatable bonds is 6. The zero-order valence-electron chi connectivity index (χ0n) is 37.9. The number of benzene rings is 6. The van der Waals surface area contributed by atoms with Gasteiger partial charge in [0.2, 0.25) is 0 Å². The van der Waals surface area contributed by atoms with E-state index in [4.69, 9.17) is 9.97 Å². The van der Waals surface area contributed by atoms with E-state index in [0.717, 1.165) is 92.9 Å². The molecule has 0 spiro atoms. The second-order valence-corrected chi connectivity index (χ2v) is 20.4. The zero-order chi connectivity index (χ0) is 43.6. The molecule has 4 nitrogen and oxygen atoms in total. The van der Waals surface area contributed by atoms with Gasteiger partial charge in [0.15, 0.2) is 0 Å². The molecule has 0 aliphatic heterocycles. The Labute approximate surface area is 368 Å². The second kappa shape index (κ2) is 15.6. The number of aryl methyl sites for hydroxylation is 2. The van der Waals surface area contributed by atoms with Crippen LogP contribution in [0, 0.1) is 0 Å². The van der Waals surface area contributed by atoms with Crippen molar-refractivity contribution in [2.45, 2.75) is 104 Å². The number of phenolic OH excluding ortho intramolecular Hbond substituents is 1. The Kier molecular flexibility index (Phi) is 10.3. The number of pyridine rings is 1. The summed E-state index contributed by atoms with van der Waals surface area (Å²) in [7, 11) is 0. The summed E-state index contributed by atoms with van der Waals surface area (Å²) >= 11 is 0. The quantitative estimate of drug-likeness (QED) is 0.182. The molecule has 0 unspecified atom stereocenters. The molecule has 0 radical (unpaired) electrons. The first kappa shape index (κ1) is 41.1. The highest BCUT2D eigenvalue weighted by Crippen LogP contribution is 2.44. The van der Waals surface area contributed by atoms with Gasteiger partial charge in [0.05, 0.1) is 28.0 Å². The minimum Gasteiger partial charge on any atom is -0.507 e. The van der Waals surface area contributed by atoms with Crippen LogP contribution in [0.3, 0.4) is 0 Å². The molecule has 0 amide bonds. The molecule has 0 bridgehead atoms. The molecule has 0 saturated heterocycles. The monoisotopic (exact) mass is 813 g/mol. The van der Waals surface area contributed by atoms with Crippen LogP contribution in [-0.4, -0.2) is 19.6 Å².